The van der Waals surface area contributed by atoms with Crippen LogP contribution in [0.2, 0.25) is 0 Å². The number of rotatable bonds is 4. The average Bonchev–Trinajstić information content (AvgIpc) is 2.29. The number of esters is 1. The maximum Gasteiger partial charge on any atom is 0.311 e. The van der Waals surface area contributed by atoms with Crippen molar-refractivity contribution in [2.45, 2.75) is 26.9 Å². The van der Waals surface area contributed by atoms with E-state index in [1.165, 1.54) is 0 Å². The van der Waals surface area contributed by atoms with Crippen LogP contribution >= 0.6 is 11.6 Å². The Kier molecular flexibility index (Phi) is 5.41. The molecule has 5 nitrogen and oxygen atoms in total. The van der Waals surface area contributed by atoms with Crippen molar-refractivity contribution in [3.8, 4) is 0 Å². The molecule has 0 aromatic heterocycles. The van der Waals surface area contributed by atoms with Crippen molar-refractivity contribution >= 4 is 23.5 Å². The van der Waals surface area contributed by atoms with Gasteiger partial charge in [-0.1, -0.05) is 0 Å². The summed E-state index contributed by atoms with van der Waals surface area (Å²) in [4.78, 5) is 25.0. The van der Waals surface area contributed by atoms with Gasteiger partial charge in [-0.15, -0.1) is 11.6 Å². The third kappa shape index (κ3) is 4.46. The van der Waals surface area contributed by atoms with Crippen LogP contribution in [0.5, 0.6) is 0 Å². The highest BCUT2D eigenvalue weighted by Crippen LogP contribution is 2.17. The third-order valence-corrected chi connectivity index (χ3v) is 3.01. The Morgan fingerprint density at radius 1 is 1.56 bits per heavy atom. The molecule has 18 heavy (non-hydrogen) atoms. The summed E-state index contributed by atoms with van der Waals surface area (Å²) in [5, 5.41) is 2.99. The van der Waals surface area contributed by atoms with Crippen LogP contribution in [0.15, 0.2) is 0 Å². The number of carbonyl (C=O) groups excluding carboxylic acids is 2. The lowest BCUT2D eigenvalue weighted by molar-refractivity contribution is -0.159. The second-order valence-electron chi connectivity index (χ2n) is 5.45. The molecule has 1 fully saturated rings. The molecule has 1 heterocycles. The van der Waals surface area contributed by atoms with Crippen molar-refractivity contribution in [2.24, 2.45) is 5.41 Å². The summed E-state index contributed by atoms with van der Waals surface area (Å²) in [7, 11) is 0. The van der Waals surface area contributed by atoms with Gasteiger partial charge < -0.3 is 15.0 Å². The highest BCUT2D eigenvalue weighted by Gasteiger charge is 2.28. The van der Waals surface area contributed by atoms with Crippen LogP contribution in [0.3, 0.4) is 0 Å². The first kappa shape index (κ1) is 15.2. The Bertz CT molecular complexity index is 315. The van der Waals surface area contributed by atoms with Crippen LogP contribution in [0.25, 0.3) is 0 Å². The van der Waals surface area contributed by atoms with E-state index in [9.17, 15) is 9.59 Å². The standard InChI is InChI=1S/C12H21ClN2O3/c1-12(2,3)11(17)18-9(6-13)8-15-5-4-14-7-10(15)16/h9,14H,4-8H2,1-3H3. The van der Waals surface area contributed by atoms with Gasteiger partial charge in [0.05, 0.1) is 24.4 Å². The van der Waals surface area contributed by atoms with E-state index in [1.54, 1.807) is 25.7 Å². The molecule has 1 aliphatic rings. The molecule has 0 spiro atoms. The molecule has 1 aliphatic heterocycles. The Morgan fingerprint density at radius 2 is 2.22 bits per heavy atom. The van der Waals surface area contributed by atoms with Crippen molar-refractivity contribution < 1.29 is 14.3 Å². The molecular formula is C12H21ClN2O3. The SMILES string of the molecule is CC(C)(C)C(=O)OC(CCl)CN1CCNCC1=O. The first-order valence-electron chi connectivity index (χ1n) is 6.10. The fourth-order valence-corrected chi connectivity index (χ4v) is 1.69. The van der Waals surface area contributed by atoms with Gasteiger partial charge in [0.15, 0.2) is 0 Å². The Balaban J connectivity index is 2.51. The van der Waals surface area contributed by atoms with Crippen LogP contribution in [-0.4, -0.2) is 54.9 Å². The molecule has 1 rings (SSSR count). The smallest absolute Gasteiger partial charge is 0.311 e. The summed E-state index contributed by atoms with van der Waals surface area (Å²) < 4.78 is 5.33. The predicted octanol–water partition coefficient (Wildman–Crippen LogP) is 0.615. The molecule has 1 amide bonds. The topological polar surface area (TPSA) is 58.6 Å². The Morgan fingerprint density at radius 3 is 2.72 bits per heavy atom. The number of nitrogens with one attached hydrogen (secondary N) is 1. The number of alkyl halides is 1. The van der Waals surface area contributed by atoms with Crippen LogP contribution in [0, 0.1) is 5.41 Å². The molecule has 1 atom stereocenters. The minimum Gasteiger partial charge on any atom is -0.459 e. The molecule has 0 aromatic rings. The van der Waals surface area contributed by atoms with Gasteiger partial charge in [0, 0.05) is 13.1 Å². The van der Waals surface area contributed by atoms with Gasteiger partial charge in [-0.3, -0.25) is 9.59 Å². The zero-order valence-corrected chi connectivity index (χ0v) is 11.9. The molecule has 1 N–H and O–H groups in total. The van der Waals surface area contributed by atoms with Crippen molar-refractivity contribution in [3.63, 3.8) is 0 Å². The molecule has 1 saturated heterocycles. The van der Waals surface area contributed by atoms with Gasteiger partial charge in [-0.25, -0.2) is 0 Å². The number of amides is 1. The first-order valence-corrected chi connectivity index (χ1v) is 6.63. The molecule has 0 bridgehead atoms. The highest BCUT2D eigenvalue weighted by atomic mass is 35.5. The number of carbonyl (C=O) groups is 2. The van der Waals surface area contributed by atoms with Crippen LogP contribution in [0.1, 0.15) is 20.8 Å². The Hall–Kier alpha value is -0.810. The van der Waals surface area contributed by atoms with Gasteiger partial charge in [-0.2, -0.15) is 0 Å². The number of nitrogens with zero attached hydrogens (tertiary/aromatic N) is 1. The molecule has 0 radical (unpaired) electrons. The minimum absolute atomic E-state index is 0.0168. The van der Waals surface area contributed by atoms with Crippen LogP contribution in [-0.2, 0) is 14.3 Å². The maximum atomic E-state index is 11.8. The van der Waals surface area contributed by atoms with Gasteiger partial charge in [0.2, 0.25) is 5.91 Å². The molecular weight excluding hydrogens is 256 g/mol. The summed E-state index contributed by atoms with van der Waals surface area (Å²) in [6.45, 7) is 7.45. The molecule has 0 saturated carbocycles. The molecule has 0 aliphatic carbocycles. The van der Waals surface area contributed by atoms with Gasteiger partial charge in [0.1, 0.15) is 6.10 Å². The number of hydrogen-bond acceptors (Lipinski definition) is 4. The molecule has 6 heteroatoms. The normalized spacial score (nSPS) is 18.7. The number of hydrogen-bond donors (Lipinski definition) is 1. The summed E-state index contributed by atoms with van der Waals surface area (Å²) in [6, 6.07) is 0. The summed E-state index contributed by atoms with van der Waals surface area (Å²) in [5.41, 5.74) is -0.558. The summed E-state index contributed by atoms with van der Waals surface area (Å²) >= 11 is 5.80. The maximum absolute atomic E-state index is 11.8. The van der Waals surface area contributed by atoms with Gasteiger partial charge >= 0.3 is 5.97 Å². The first-order chi connectivity index (χ1) is 8.34. The molecule has 1 unspecified atom stereocenters. The minimum atomic E-state index is -0.558. The zero-order chi connectivity index (χ0) is 13.8. The highest BCUT2D eigenvalue weighted by molar-refractivity contribution is 6.18. The van der Waals surface area contributed by atoms with Gasteiger partial charge in [-0.05, 0) is 20.8 Å². The van der Waals surface area contributed by atoms with Crippen molar-refractivity contribution in [1.29, 1.82) is 0 Å². The van der Waals surface area contributed by atoms with Crippen molar-refractivity contribution in [1.82, 2.24) is 10.2 Å². The number of halogens is 1. The molecule has 104 valence electrons. The second-order valence-corrected chi connectivity index (χ2v) is 5.76. The fraction of sp³-hybridized carbons (Fsp3) is 0.833. The van der Waals surface area contributed by atoms with E-state index in [0.29, 0.717) is 19.6 Å². The Labute approximate surface area is 113 Å². The van der Waals surface area contributed by atoms with Crippen LogP contribution in [0.4, 0.5) is 0 Å². The van der Waals surface area contributed by atoms with E-state index >= 15 is 0 Å². The number of piperazine rings is 1. The van der Waals surface area contributed by atoms with Gasteiger partial charge in [0.25, 0.3) is 0 Å². The van der Waals surface area contributed by atoms with E-state index in [1.807, 2.05) is 0 Å². The zero-order valence-electron chi connectivity index (χ0n) is 11.2. The summed E-state index contributed by atoms with van der Waals surface area (Å²) in [6.07, 6.45) is -0.444. The van der Waals surface area contributed by atoms with E-state index in [0.717, 1.165) is 6.54 Å². The van der Waals surface area contributed by atoms with E-state index in [2.05, 4.69) is 5.32 Å². The predicted molar refractivity (Wildman–Crippen MR) is 69.5 cm³/mol. The quantitative estimate of drug-likeness (QED) is 0.604. The second kappa shape index (κ2) is 6.38. The molecule has 0 aromatic carbocycles. The summed E-state index contributed by atoms with van der Waals surface area (Å²) in [5.74, 6) is -0.0853. The van der Waals surface area contributed by atoms with E-state index in [4.69, 9.17) is 16.3 Å². The van der Waals surface area contributed by atoms with Crippen molar-refractivity contribution in [3.05, 3.63) is 0 Å². The monoisotopic (exact) mass is 276 g/mol. The van der Waals surface area contributed by atoms with E-state index < -0.39 is 11.5 Å². The lowest BCUT2D eigenvalue weighted by Gasteiger charge is -2.31. The lowest BCUT2D eigenvalue weighted by atomic mass is 9.97. The van der Waals surface area contributed by atoms with E-state index in [-0.39, 0.29) is 17.8 Å². The van der Waals surface area contributed by atoms with Crippen molar-refractivity contribution in [2.75, 3.05) is 32.1 Å². The average molecular weight is 277 g/mol. The third-order valence-electron chi connectivity index (χ3n) is 2.67. The fourth-order valence-electron chi connectivity index (χ4n) is 1.53. The largest absolute Gasteiger partial charge is 0.459 e. The van der Waals surface area contributed by atoms with Crippen LogP contribution < -0.4 is 5.32 Å². The lowest BCUT2D eigenvalue weighted by Crippen LogP contribution is -2.51. The number of ether oxygens (including phenoxy) is 1.